The van der Waals surface area contributed by atoms with Gasteiger partial charge >= 0.3 is 0 Å². The number of pyridine rings is 1. The normalized spacial score (nSPS) is 16.3. The van der Waals surface area contributed by atoms with E-state index in [1.807, 2.05) is 48.5 Å². The molecule has 1 aliphatic rings. The van der Waals surface area contributed by atoms with Gasteiger partial charge in [-0.1, -0.05) is 12.1 Å². The summed E-state index contributed by atoms with van der Waals surface area (Å²) in [4.78, 5) is 35.7. The topological polar surface area (TPSA) is 75.2 Å². The number of anilines is 1. The number of rotatable bonds is 6. The number of hydrogen-bond acceptors (Lipinski definition) is 6. The van der Waals surface area contributed by atoms with Crippen LogP contribution < -0.4 is 10.2 Å². The van der Waals surface area contributed by atoms with Gasteiger partial charge in [0.1, 0.15) is 5.01 Å². The molecular formula is C25H22N4O2S. The van der Waals surface area contributed by atoms with Gasteiger partial charge in [-0.05, 0) is 61.0 Å². The number of benzene rings is 2. The smallest absolute Gasteiger partial charge is 0.251 e. The van der Waals surface area contributed by atoms with Crippen LogP contribution in [0.3, 0.4) is 0 Å². The third kappa shape index (κ3) is 4.04. The van der Waals surface area contributed by atoms with E-state index >= 15 is 0 Å². The van der Waals surface area contributed by atoms with E-state index in [9.17, 15) is 9.59 Å². The van der Waals surface area contributed by atoms with Crippen molar-refractivity contribution in [2.75, 3.05) is 11.4 Å². The van der Waals surface area contributed by atoms with Crippen molar-refractivity contribution in [3.05, 3.63) is 78.1 Å². The molecule has 5 rings (SSSR count). The minimum atomic E-state index is -0.501. The Hall–Kier alpha value is -3.42. The summed E-state index contributed by atoms with van der Waals surface area (Å²) in [5, 5.41) is 4.13. The third-order valence-corrected chi connectivity index (χ3v) is 6.63. The van der Waals surface area contributed by atoms with E-state index in [-0.39, 0.29) is 18.2 Å². The van der Waals surface area contributed by atoms with Gasteiger partial charge in [-0.2, -0.15) is 0 Å². The molecule has 1 N–H and O–H groups in total. The molecule has 1 fully saturated rings. The van der Waals surface area contributed by atoms with Crippen LogP contribution in [0.15, 0.2) is 66.9 Å². The summed E-state index contributed by atoms with van der Waals surface area (Å²) in [5.74, 6) is -0.396. The van der Waals surface area contributed by atoms with Gasteiger partial charge in [-0.25, -0.2) is 9.88 Å². The number of nitrogens with one attached hydrogen (secondary N) is 1. The summed E-state index contributed by atoms with van der Waals surface area (Å²) in [6.45, 7) is 2.66. The number of carbonyl (C=O) groups excluding carboxylic acids is 2. The molecule has 1 atom stereocenters. The van der Waals surface area contributed by atoms with E-state index in [4.69, 9.17) is 4.98 Å². The molecule has 1 aliphatic heterocycles. The van der Waals surface area contributed by atoms with Gasteiger partial charge in [0.05, 0.1) is 28.4 Å². The second-order valence-electron chi connectivity index (χ2n) is 7.89. The van der Waals surface area contributed by atoms with Gasteiger partial charge in [-0.15, -0.1) is 11.3 Å². The van der Waals surface area contributed by atoms with Gasteiger partial charge in [0.15, 0.2) is 0 Å². The maximum atomic E-state index is 12.9. The first-order chi connectivity index (χ1) is 15.6. The predicted molar refractivity (Wildman–Crippen MR) is 127 cm³/mol. The molecule has 0 spiro atoms. The molecule has 2 aromatic heterocycles. The molecule has 0 bridgehead atoms. The number of thiazole rings is 1. The highest BCUT2D eigenvalue weighted by Gasteiger charge is 2.39. The van der Waals surface area contributed by atoms with Crippen LogP contribution >= 0.6 is 11.3 Å². The molecule has 1 saturated heterocycles. The van der Waals surface area contributed by atoms with E-state index in [1.165, 1.54) is 10.5 Å². The van der Waals surface area contributed by atoms with E-state index in [2.05, 4.69) is 29.4 Å². The van der Waals surface area contributed by atoms with Crippen LogP contribution in [-0.2, 0) is 16.0 Å². The summed E-state index contributed by atoms with van der Waals surface area (Å²) in [6, 6.07) is 18.9. The fraction of sp³-hybridized carbons (Fsp3) is 0.200. The Morgan fingerprint density at radius 3 is 2.72 bits per heavy atom. The molecule has 4 aromatic rings. The number of aromatic nitrogens is 2. The number of amides is 2. The maximum Gasteiger partial charge on any atom is 0.251 e. The Morgan fingerprint density at radius 2 is 1.94 bits per heavy atom. The van der Waals surface area contributed by atoms with Crippen LogP contribution in [0.2, 0.25) is 0 Å². The first-order valence-corrected chi connectivity index (χ1v) is 11.4. The van der Waals surface area contributed by atoms with Crippen molar-refractivity contribution in [3.63, 3.8) is 0 Å². The predicted octanol–water partition coefficient (Wildman–Crippen LogP) is 4.13. The average molecular weight is 443 g/mol. The highest BCUT2D eigenvalue weighted by molar-refractivity contribution is 7.21. The molecule has 32 heavy (non-hydrogen) atoms. The van der Waals surface area contributed by atoms with Crippen LogP contribution in [0.1, 0.15) is 17.7 Å². The summed E-state index contributed by atoms with van der Waals surface area (Å²) in [6.07, 6.45) is 2.62. The fourth-order valence-corrected chi connectivity index (χ4v) is 4.96. The zero-order valence-electron chi connectivity index (χ0n) is 17.6. The molecule has 0 unspecified atom stereocenters. The van der Waals surface area contributed by atoms with E-state index in [0.717, 1.165) is 26.5 Å². The van der Waals surface area contributed by atoms with Crippen molar-refractivity contribution in [1.82, 2.24) is 15.3 Å². The Bertz CT molecular complexity index is 1280. The molecule has 3 heterocycles. The zero-order valence-corrected chi connectivity index (χ0v) is 18.4. The van der Waals surface area contributed by atoms with Gasteiger partial charge < -0.3 is 5.32 Å². The highest BCUT2D eigenvalue weighted by Crippen LogP contribution is 2.32. The fourth-order valence-electron chi connectivity index (χ4n) is 3.89. The first kappa shape index (κ1) is 20.5. The molecule has 0 radical (unpaired) electrons. The van der Waals surface area contributed by atoms with Crippen LogP contribution in [0.5, 0.6) is 0 Å². The molecule has 7 heteroatoms. The van der Waals surface area contributed by atoms with Crippen LogP contribution in [0.4, 0.5) is 5.69 Å². The Morgan fingerprint density at radius 1 is 1.09 bits per heavy atom. The van der Waals surface area contributed by atoms with E-state index in [1.54, 1.807) is 17.5 Å². The average Bonchev–Trinajstić information content (AvgIpc) is 3.34. The second kappa shape index (κ2) is 8.61. The second-order valence-corrected chi connectivity index (χ2v) is 8.92. The number of imide groups is 1. The molecular weight excluding hydrogens is 420 g/mol. The molecule has 2 aromatic carbocycles. The summed E-state index contributed by atoms with van der Waals surface area (Å²) in [7, 11) is 0. The lowest BCUT2D eigenvalue weighted by atomic mass is 10.2. The number of hydrogen-bond donors (Lipinski definition) is 1. The molecule has 2 amide bonds. The number of aryl methyl sites for hydroxylation is 1. The number of fused-ring (bicyclic) bond motifs is 1. The minimum Gasteiger partial charge on any atom is -0.305 e. The Labute approximate surface area is 189 Å². The lowest BCUT2D eigenvalue weighted by molar-refractivity contribution is -0.121. The Kier molecular flexibility index (Phi) is 5.51. The zero-order chi connectivity index (χ0) is 22.1. The van der Waals surface area contributed by atoms with E-state index in [0.29, 0.717) is 18.7 Å². The minimum absolute atomic E-state index is 0.167. The summed E-state index contributed by atoms with van der Waals surface area (Å²) in [5.41, 5.74) is 4.70. The van der Waals surface area contributed by atoms with Gasteiger partial charge in [-0.3, -0.25) is 14.6 Å². The van der Waals surface area contributed by atoms with Gasteiger partial charge in [0.25, 0.3) is 5.91 Å². The van der Waals surface area contributed by atoms with Crippen LogP contribution in [0, 0.1) is 6.92 Å². The van der Waals surface area contributed by atoms with Crippen molar-refractivity contribution in [1.29, 1.82) is 0 Å². The standard InChI is InChI=1S/C25H22N4O2S/c1-16-5-10-20-22(14-16)32-24(28-20)17-6-8-19(9-7-17)29-23(30)15-21(25(29)31)27-13-11-18-4-2-3-12-26-18/h2-10,12,14,21,27H,11,13,15H2,1H3/t21-/m1/s1. The van der Waals surface area contributed by atoms with Crippen molar-refractivity contribution in [2.24, 2.45) is 0 Å². The van der Waals surface area contributed by atoms with Gasteiger partial charge in [0.2, 0.25) is 5.91 Å². The number of carbonyl (C=O) groups is 2. The van der Waals surface area contributed by atoms with E-state index < -0.39 is 6.04 Å². The molecule has 0 aliphatic carbocycles. The first-order valence-electron chi connectivity index (χ1n) is 10.6. The third-order valence-electron chi connectivity index (χ3n) is 5.56. The van der Waals surface area contributed by atoms with Gasteiger partial charge in [0, 0.05) is 30.4 Å². The largest absolute Gasteiger partial charge is 0.305 e. The summed E-state index contributed by atoms with van der Waals surface area (Å²) >= 11 is 1.64. The quantitative estimate of drug-likeness (QED) is 0.455. The number of nitrogens with zero attached hydrogens (tertiary/aromatic N) is 3. The van der Waals surface area contributed by atoms with Crippen LogP contribution in [0.25, 0.3) is 20.8 Å². The Balaban J connectivity index is 1.27. The monoisotopic (exact) mass is 442 g/mol. The van der Waals surface area contributed by atoms with Crippen molar-refractivity contribution >= 4 is 39.1 Å². The van der Waals surface area contributed by atoms with Crippen LogP contribution in [-0.4, -0.2) is 34.4 Å². The summed E-state index contributed by atoms with van der Waals surface area (Å²) < 4.78 is 1.15. The maximum absolute atomic E-state index is 12.9. The van der Waals surface area contributed by atoms with Crippen molar-refractivity contribution in [2.45, 2.75) is 25.8 Å². The molecule has 160 valence electrons. The van der Waals surface area contributed by atoms with Crippen molar-refractivity contribution in [3.8, 4) is 10.6 Å². The SMILES string of the molecule is Cc1ccc2nc(-c3ccc(N4C(=O)C[C@@H](NCCc5ccccn5)C4=O)cc3)sc2c1. The lowest BCUT2D eigenvalue weighted by Crippen LogP contribution is -2.39. The molecule has 6 nitrogen and oxygen atoms in total. The van der Waals surface area contributed by atoms with Crippen molar-refractivity contribution < 1.29 is 9.59 Å². The lowest BCUT2D eigenvalue weighted by Gasteiger charge is -2.16. The molecule has 0 saturated carbocycles. The highest BCUT2D eigenvalue weighted by atomic mass is 32.1.